The highest BCUT2D eigenvalue weighted by molar-refractivity contribution is 5.94. The normalized spacial score (nSPS) is 12.2. The Morgan fingerprint density at radius 2 is 1.65 bits per heavy atom. The second-order valence-corrected chi connectivity index (χ2v) is 7.63. The van der Waals surface area contributed by atoms with Gasteiger partial charge in [-0.05, 0) is 36.2 Å². The molecule has 0 radical (unpaired) electrons. The third kappa shape index (κ3) is 5.05. The Morgan fingerprint density at radius 3 is 2.39 bits per heavy atom. The zero-order valence-corrected chi connectivity index (χ0v) is 17.5. The van der Waals surface area contributed by atoms with E-state index in [4.69, 9.17) is 5.73 Å². The summed E-state index contributed by atoms with van der Waals surface area (Å²) in [6.45, 7) is 2.50. The molecular weight excluding hydrogens is 382 g/mol. The predicted molar refractivity (Wildman–Crippen MR) is 127 cm³/mol. The molecule has 4 nitrogen and oxygen atoms in total. The van der Waals surface area contributed by atoms with Crippen molar-refractivity contribution >= 4 is 34.6 Å². The average Bonchev–Trinajstić information content (AvgIpc) is 2.80. The lowest BCUT2D eigenvalue weighted by Gasteiger charge is -2.07. The first-order valence-electron chi connectivity index (χ1n) is 10.4. The molecule has 4 rings (SSSR count). The summed E-state index contributed by atoms with van der Waals surface area (Å²) in [5, 5.41) is 4.01. The molecule has 4 heteroatoms. The van der Waals surface area contributed by atoms with E-state index < -0.39 is 6.04 Å². The third-order valence-corrected chi connectivity index (χ3v) is 5.20. The Hall–Kier alpha value is -3.76. The average molecular weight is 409 g/mol. The van der Waals surface area contributed by atoms with Gasteiger partial charge in [-0.3, -0.25) is 4.79 Å². The number of hydrogen-bond acceptors (Lipinski definition) is 2. The topological polar surface area (TPSA) is 59.0 Å². The maximum absolute atomic E-state index is 11.7. The number of amides is 1. The molecule has 0 aliphatic heterocycles. The van der Waals surface area contributed by atoms with Gasteiger partial charge >= 0.3 is 0 Å². The van der Waals surface area contributed by atoms with Crippen molar-refractivity contribution in [2.24, 2.45) is 5.73 Å². The lowest BCUT2D eigenvalue weighted by atomic mass is 10.1. The van der Waals surface area contributed by atoms with Crippen LogP contribution in [0.25, 0.3) is 23.1 Å². The van der Waals surface area contributed by atoms with Crippen LogP contribution in [-0.4, -0.2) is 11.9 Å². The molecule has 3 N–H and O–H groups in total. The fourth-order valence-electron chi connectivity index (χ4n) is 3.49. The van der Waals surface area contributed by atoms with Crippen LogP contribution < -0.4 is 15.6 Å². The van der Waals surface area contributed by atoms with Crippen molar-refractivity contribution in [2.45, 2.75) is 19.5 Å². The monoisotopic (exact) mass is 408 g/mol. The van der Waals surface area contributed by atoms with Gasteiger partial charge in [-0.15, -0.1) is 0 Å². The van der Waals surface area contributed by atoms with Crippen molar-refractivity contribution in [2.75, 3.05) is 5.32 Å². The fourth-order valence-corrected chi connectivity index (χ4v) is 3.49. The smallest absolute Gasteiger partial charge is 0.240 e. The van der Waals surface area contributed by atoms with E-state index in [2.05, 4.69) is 82.8 Å². The molecule has 0 spiro atoms. The summed E-state index contributed by atoms with van der Waals surface area (Å²) in [6, 6.07) is 28.3. The van der Waals surface area contributed by atoms with Gasteiger partial charge < -0.3 is 11.1 Å². The van der Waals surface area contributed by atoms with Crippen LogP contribution in [0.1, 0.15) is 23.6 Å². The van der Waals surface area contributed by atoms with E-state index in [0.717, 1.165) is 23.4 Å². The Kier molecular flexibility index (Phi) is 6.20. The van der Waals surface area contributed by atoms with Crippen molar-refractivity contribution in [3.63, 3.8) is 0 Å². The van der Waals surface area contributed by atoms with Gasteiger partial charge in [0.05, 0.1) is 11.4 Å². The second-order valence-electron chi connectivity index (χ2n) is 7.63. The zero-order valence-electron chi connectivity index (χ0n) is 17.5. The van der Waals surface area contributed by atoms with Crippen LogP contribution in [0.3, 0.4) is 0 Å². The number of anilines is 1. The molecule has 4 aromatic rings. The molecule has 0 aliphatic rings. The number of para-hydroxylation sites is 1. The SMILES string of the molecule is C[C@H](N)C(=O)Nc1ccc(C=Cc2cc[n+](Cc3ccccc3)c3ccccc23)cc1. The van der Waals surface area contributed by atoms with Gasteiger partial charge in [0.2, 0.25) is 11.4 Å². The maximum Gasteiger partial charge on any atom is 0.240 e. The largest absolute Gasteiger partial charge is 0.325 e. The van der Waals surface area contributed by atoms with Crippen LogP contribution in [0.5, 0.6) is 0 Å². The van der Waals surface area contributed by atoms with Crippen LogP contribution in [-0.2, 0) is 11.3 Å². The molecule has 3 aromatic carbocycles. The minimum atomic E-state index is -0.532. The van der Waals surface area contributed by atoms with Crippen molar-refractivity contribution in [3.05, 3.63) is 108 Å². The summed E-state index contributed by atoms with van der Waals surface area (Å²) < 4.78 is 2.28. The van der Waals surface area contributed by atoms with E-state index in [1.807, 2.05) is 30.3 Å². The van der Waals surface area contributed by atoms with Gasteiger partial charge in [-0.25, -0.2) is 0 Å². The first-order valence-corrected chi connectivity index (χ1v) is 10.4. The van der Waals surface area contributed by atoms with Crippen LogP contribution in [0.4, 0.5) is 5.69 Å². The molecule has 0 saturated heterocycles. The second kappa shape index (κ2) is 9.37. The van der Waals surface area contributed by atoms with E-state index in [0.29, 0.717) is 0 Å². The molecule has 0 unspecified atom stereocenters. The molecule has 0 saturated carbocycles. The minimum Gasteiger partial charge on any atom is -0.325 e. The fraction of sp³-hybridized carbons (Fsp3) is 0.111. The van der Waals surface area contributed by atoms with E-state index in [1.54, 1.807) is 6.92 Å². The van der Waals surface area contributed by atoms with Gasteiger partial charge in [0.15, 0.2) is 12.7 Å². The number of benzene rings is 3. The van der Waals surface area contributed by atoms with Crippen molar-refractivity contribution < 1.29 is 9.36 Å². The summed E-state index contributed by atoms with van der Waals surface area (Å²) in [5.74, 6) is -0.192. The van der Waals surface area contributed by atoms with E-state index in [9.17, 15) is 4.79 Å². The lowest BCUT2D eigenvalue weighted by molar-refractivity contribution is -0.662. The van der Waals surface area contributed by atoms with Crippen molar-refractivity contribution in [1.29, 1.82) is 0 Å². The Labute approximate surface area is 182 Å². The number of carbonyl (C=O) groups is 1. The number of rotatable bonds is 6. The number of nitrogens with zero attached hydrogens (tertiary/aromatic N) is 1. The quantitative estimate of drug-likeness (QED) is 0.457. The number of aromatic nitrogens is 1. The highest BCUT2D eigenvalue weighted by Gasteiger charge is 2.11. The van der Waals surface area contributed by atoms with Crippen LogP contribution in [0.15, 0.2) is 91.1 Å². The van der Waals surface area contributed by atoms with Gasteiger partial charge in [0.1, 0.15) is 0 Å². The van der Waals surface area contributed by atoms with Crippen molar-refractivity contribution in [1.82, 2.24) is 0 Å². The molecule has 0 bridgehead atoms. The van der Waals surface area contributed by atoms with Gasteiger partial charge in [-0.2, -0.15) is 4.57 Å². The zero-order chi connectivity index (χ0) is 21.6. The Balaban J connectivity index is 1.57. The van der Waals surface area contributed by atoms with Gasteiger partial charge in [-0.1, -0.05) is 66.7 Å². The van der Waals surface area contributed by atoms with Crippen LogP contribution in [0, 0.1) is 0 Å². The number of nitrogens with two attached hydrogens (primary N) is 1. The molecule has 1 atom stereocenters. The number of hydrogen-bond donors (Lipinski definition) is 2. The number of nitrogens with one attached hydrogen (secondary N) is 1. The Morgan fingerprint density at radius 1 is 0.935 bits per heavy atom. The first-order chi connectivity index (χ1) is 15.1. The third-order valence-electron chi connectivity index (χ3n) is 5.20. The molecule has 31 heavy (non-hydrogen) atoms. The first kappa shape index (κ1) is 20.5. The van der Waals surface area contributed by atoms with Crippen molar-refractivity contribution in [3.8, 4) is 0 Å². The summed E-state index contributed by atoms with van der Waals surface area (Å²) in [6.07, 6.45) is 6.35. The Bertz CT molecular complexity index is 1210. The van der Waals surface area contributed by atoms with Gasteiger partial charge in [0.25, 0.3) is 0 Å². The highest BCUT2D eigenvalue weighted by Crippen LogP contribution is 2.19. The number of fused-ring (bicyclic) bond motifs is 1. The summed E-state index contributed by atoms with van der Waals surface area (Å²) in [7, 11) is 0. The molecular formula is C27H26N3O+. The summed E-state index contributed by atoms with van der Waals surface area (Å²) in [4.78, 5) is 11.7. The molecule has 154 valence electrons. The van der Waals surface area contributed by atoms with Crippen LogP contribution >= 0.6 is 0 Å². The number of pyridine rings is 1. The summed E-state index contributed by atoms with van der Waals surface area (Å²) in [5.41, 5.74) is 11.0. The maximum atomic E-state index is 11.7. The summed E-state index contributed by atoms with van der Waals surface area (Å²) >= 11 is 0. The molecule has 1 aromatic heterocycles. The van der Waals surface area contributed by atoms with E-state index in [-0.39, 0.29) is 5.91 Å². The molecule has 1 amide bonds. The van der Waals surface area contributed by atoms with E-state index >= 15 is 0 Å². The molecule has 1 heterocycles. The lowest BCUT2D eigenvalue weighted by Crippen LogP contribution is -2.34. The standard InChI is InChI=1S/C27H25N3O/c1-20(28)27(31)29-24-15-12-21(13-16-24)11-14-23-17-18-30(19-22-7-3-2-4-8-22)26-10-6-5-9-25(23)26/h2-18,20H,19,28H2,1H3/p+1/t20-/m0/s1. The van der Waals surface area contributed by atoms with Crippen LogP contribution in [0.2, 0.25) is 0 Å². The van der Waals surface area contributed by atoms with Gasteiger partial charge in [0, 0.05) is 23.4 Å². The molecule has 0 fully saturated rings. The molecule has 0 aliphatic carbocycles. The predicted octanol–water partition coefficient (Wildman–Crippen LogP) is 4.63. The highest BCUT2D eigenvalue weighted by atomic mass is 16.2. The van der Waals surface area contributed by atoms with E-state index in [1.165, 1.54) is 16.5 Å². The minimum absolute atomic E-state index is 0.192. The number of carbonyl (C=O) groups excluding carboxylic acids is 1.